The van der Waals surface area contributed by atoms with Crippen LogP contribution in [0.2, 0.25) is 0 Å². The Bertz CT molecular complexity index is 983. The van der Waals surface area contributed by atoms with Gasteiger partial charge in [-0.05, 0) is 36.4 Å². The summed E-state index contributed by atoms with van der Waals surface area (Å²) in [5, 5.41) is 0. The van der Waals surface area contributed by atoms with Crippen LogP contribution in [-0.4, -0.2) is 31.6 Å². The minimum absolute atomic E-state index is 0.0137. The molecule has 0 atom stereocenters. The topological polar surface area (TPSA) is 90.4 Å². The van der Waals surface area contributed by atoms with Crippen LogP contribution >= 0.6 is 0 Å². The summed E-state index contributed by atoms with van der Waals surface area (Å²) < 4.78 is 51.1. The number of sulfonamides is 1. The molecule has 0 spiro atoms. The van der Waals surface area contributed by atoms with E-state index in [1.807, 2.05) is 30.3 Å². The number of aromatic nitrogens is 2. The maximum Gasteiger partial charge on any atom is 0.263 e. The Morgan fingerprint density at radius 2 is 1.56 bits per heavy atom. The molecule has 140 valence electrons. The highest BCUT2D eigenvalue weighted by atomic mass is 32.2. The van der Waals surface area contributed by atoms with Crippen molar-refractivity contribution < 1.29 is 22.3 Å². The van der Waals surface area contributed by atoms with Crippen LogP contribution in [0.3, 0.4) is 0 Å². The van der Waals surface area contributed by atoms with Gasteiger partial charge in [0.25, 0.3) is 15.9 Å². The van der Waals surface area contributed by atoms with Gasteiger partial charge in [-0.2, -0.15) is 0 Å². The molecule has 9 heteroatoms. The van der Waals surface area contributed by atoms with Crippen LogP contribution in [0.4, 0.5) is 10.2 Å². The van der Waals surface area contributed by atoms with Crippen LogP contribution in [-0.2, 0) is 10.0 Å². The zero-order valence-electron chi connectivity index (χ0n) is 14.1. The van der Waals surface area contributed by atoms with Crippen LogP contribution < -0.4 is 14.2 Å². The van der Waals surface area contributed by atoms with Crippen LogP contribution in [0, 0.1) is 5.82 Å². The molecule has 0 aliphatic carbocycles. The summed E-state index contributed by atoms with van der Waals surface area (Å²) in [6.45, 7) is 0.379. The molecule has 0 aliphatic heterocycles. The van der Waals surface area contributed by atoms with Crippen LogP contribution in [0.25, 0.3) is 0 Å². The lowest BCUT2D eigenvalue weighted by Crippen LogP contribution is -2.16. The molecule has 3 aromatic rings. The van der Waals surface area contributed by atoms with Crippen molar-refractivity contribution in [2.75, 3.05) is 17.9 Å². The number of hydrogen-bond donors (Lipinski definition) is 1. The fraction of sp³-hybridized carbons (Fsp3) is 0.111. The minimum atomic E-state index is -3.96. The van der Waals surface area contributed by atoms with Gasteiger partial charge >= 0.3 is 0 Å². The molecule has 1 heterocycles. The second-order valence-corrected chi connectivity index (χ2v) is 6.96. The Hall–Kier alpha value is -3.20. The zero-order chi connectivity index (χ0) is 19.1. The SMILES string of the molecule is O=S(=O)(Nc1nccnc1OCCOc1ccccc1)c1ccc(F)cc1. The quantitative estimate of drug-likeness (QED) is 0.596. The number of rotatable bonds is 8. The average molecular weight is 389 g/mol. The summed E-state index contributed by atoms with van der Waals surface area (Å²) in [6, 6.07) is 13.6. The van der Waals surface area contributed by atoms with Crippen LogP contribution in [0.15, 0.2) is 71.9 Å². The molecule has 1 N–H and O–H groups in total. The molecule has 1 aromatic heterocycles. The van der Waals surface area contributed by atoms with Gasteiger partial charge in [0.2, 0.25) is 5.82 Å². The summed E-state index contributed by atoms with van der Waals surface area (Å²) in [5.41, 5.74) is 0. The van der Waals surface area contributed by atoms with Gasteiger partial charge in [-0.3, -0.25) is 4.72 Å². The lowest BCUT2D eigenvalue weighted by Gasteiger charge is -2.12. The van der Waals surface area contributed by atoms with E-state index >= 15 is 0 Å². The number of halogens is 1. The van der Waals surface area contributed by atoms with Gasteiger partial charge in [-0.25, -0.2) is 22.8 Å². The van der Waals surface area contributed by atoms with E-state index in [0.29, 0.717) is 5.75 Å². The van der Waals surface area contributed by atoms with E-state index in [0.717, 1.165) is 24.3 Å². The predicted molar refractivity (Wildman–Crippen MR) is 96.7 cm³/mol. The van der Waals surface area contributed by atoms with Crippen molar-refractivity contribution >= 4 is 15.8 Å². The largest absolute Gasteiger partial charge is 0.490 e. The lowest BCUT2D eigenvalue weighted by molar-refractivity contribution is 0.212. The van der Waals surface area contributed by atoms with Gasteiger partial charge in [-0.1, -0.05) is 18.2 Å². The van der Waals surface area contributed by atoms with Gasteiger partial charge in [0.1, 0.15) is 24.8 Å². The van der Waals surface area contributed by atoms with E-state index in [4.69, 9.17) is 9.47 Å². The standard InChI is InChI=1S/C18H16FN3O4S/c19-14-6-8-16(9-7-14)27(23,24)22-17-18(21-11-10-20-17)26-13-12-25-15-4-2-1-3-5-15/h1-11H,12-13H2,(H,20,22). The third kappa shape index (κ3) is 5.14. The van der Waals surface area contributed by atoms with Crippen molar-refractivity contribution in [2.24, 2.45) is 0 Å². The first-order chi connectivity index (χ1) is 13.0. The average Bonchev–Trinajstić information content (AvgIpc) is 2.67. The molecule has 0 unspecified atom stereocenters. The molecule has 3 rings (SSSR count). The molecule has 0 aliphatic rings. The number of nitrogens with zero attached hydrogens (tertiary/aromatic N) is 2. The van der Waals surface area contributed by atoms with E-state index in [-0.39, 0.29) is 29.8 Å². The number of nitrogens with one attached hydrogen (secondary N) is 1. The molecule has 0 radical (unpaired) electrons. The second kappa shape index (κ2) is 8.45. The summed E-state index contributed by atoms with van der Waals surface area (Å²) in [6.07, 6.45) is 2.71. The van der Waals surface area contributed by atoms with E-state index in [2.05, 4.69) is 14.7 Å². The van der Waals surface area contributed by atoms with Gasteiger partial charge in [0.15, 0.2) is 0 Å². The highest BCUT2D eigenvalue weighted by molar-refractivity contribution is 7.92. The molecule has 27 heavy (non-hydrogen) atoms. The van der Waals surface area contributed by atoms with Crippen molar-refractivity contribution in [2.45, 2.75) is 4.90 Å². The molecular formula is C18H16FN3O4S. The predicted octanol–water partition coefficient (Wildman–Crippen LogP) is 2.87. The lowest BCUT2D eigenvalue weighted by atomic mass is 10.3. The van der Waals surface area contributed by atoms with Crippen molar-refractivity contribution in [3.63, 3.8) is 0 Å². The molecule has 2 aromatic carbocycles. The van der Waals surface area contributed by atoms with E-state index in [1.165, 1.54) is 12.4 Å². The highest BCUT2D eigenvalue weighted by Crippen LogP contribution is 2.22. The van der Waals surface area contributed by atoms with Crippen molar-refractivity contribution in [1.29, 1.82) is 0 Å². The van der Waals surface area contributed by atoms with Gasteiger partial charge in [0, 0.05) is 12.4 Å². The maximum absolute atomic E-state index is 13.0. The normalized spacial score (nSPS) is 11.0. The second-order valence-electron chi connectivity index (χ2n) is 5.28. The fourth-order valence-electron chi connectivity index (χ4n) is 2.12. The number of benzene rings is 2. The maximum atomic E-state index is 13.0. The molecule has 7 nitrogen and oxygen atoms in total. The monoisotopic (exact) mass is 389 g/mol. The van der Waals surface area contributed by atoms with Crippen molar-refractivity contribution in [3.05, 3.63) is 72.8 Å². The van der Waals surface area contributed by atoms with Crippen LogP contribution in [0.5, 0.6) is 11.6 Å². The minimum Gasteiger partial charge on any atom is -0.490 e. The van der Waals surface area contributed by atoms with Gasteiger partial charge < -0.3 is 9.47 Å². The highest BCUT2D eigenvalue weighted by Gasteiger charge is 2.18. The molecular weight excluding hydrogens is 373 g/mol. The first-order valence-electron chi connectivity index (χ1n) is 7.95. The summed E-state index contributed by atoms with van der Waals surface area (Å²) in [5.74, 6) is 0.106. The van der Waals surface area contributed by atoms with E-state index < -0.39 is 15.8 Å². The van der Waals surface area contributed by atoms with E-state index in [9.17, 15) is 12.8 Å². The number of hydrogen-bond acceptors (Lipinski definition) is 6. The molecule has 0 fully saturated rings. The van der Waals surface area contributed by atoms with Gasteiger partial charge in [0.05, 0.1) is 4.90 Å². The molecule has 0 amide bonds. The van der Waals surface area contributed by atoms with Gasteiger partial charge in [-0.15, -0.1) is 0 Å². The molecule has 0 bridgehead atoms. The third-order valence-electron chi connectivity index (χ3n) is 3.35. The summed E-state index contributed by atoms with van der Waals surface area (Å²) >= 11 is 0. The third-order valence-corrected chi connectivity index (χ3v) is 4.71. The van der Waals surface area contributed by atoms with Crippen LogP contribution in [0.1, 0.15) is 0 Å². The first kappa shape index (κ1) is 18.6. The van der Waals surface area contributed by atoms with Crippen molar-refractivity contribution in [1.82, 2.24) is 9.97 Å². The molecule has 0 saturated carbocycles. The molecule has 0 saturated heterocycles. The number of anilines is 1. The Morgan fingerprint density at radius 1 is 0.889 bits per heavy atom. The summed E-state index contributed by atoms with van der Waals surface area (Å²) in [7, 11) is -3.96. The number of ether oxygens (including phenoxy) is 2. The Kier molecular flexibility index (Phi) is 5.82. The number of para-hydroxylation sites is 1. The first-order valence-corrected chi connectivity index (χ1v) is 9.43. The Morgan fingerprint density at radius 3 is 2.30 bits per heavy atom. The zero-order valence-corrected chi connectivity index (χ0v) is 14.9. The van der Waals surface area contributed by atoms with E-state index in [1.54, 1.807) is 0 Å². The van der Waals surface area contributed by atoms with Crippen molar-refractivity contribution in [3.8, 4) is 11.6 Å². The Balaban J connectivity index is 1.64. The Labute approximate surface area is 155 Å². The smallest absolute Gasteiger partial charge is 0.263 e. The fourth-order valence-corrected chi connectivity index (χ4v) is 3.12. The summed E-state index contributed by atoms with van der Waals surface area (Å²) in [4.78, 5) is 7.84.